The van der Waals surface area contributed by atoms with Crippen molar-refractivity contribution < 1.29 is 14.3 Å². The number of methoxy groups -OCH3 is 1. The molecule has 0 aromatic rings. The maximum absolute atomic E-state index is 11.0. The number of hydrogen-bond acceptors (Lipinski definition) is 3. The Morgan fingerprint density at radius 3 is 2.38 bits per heavy atom. The van der Waals surface area contributed by atoms with E-state index in [0.29, 0.717) is 12.0 Å². The smallest absolute Gasteiger partial charge is 0.434 e. The van der Waals surface area contributed by atoms with Crippen molar-refractivity contribution in [3.05, 3.63) is 0 Å². The van der Waals surface area contributed by atoms with Crippen LogP contribution in [0.25, 0.3) is 0 Å². The molecule has 0 radical (unpaired) electrons. The number of hydrogen-bond donors (Lipinski definition) is 2. The van der Waals surface area contributed by atoms with Gasteiger partial charge in [-0.05, 0) is 18.8 Å². The summed E-state index contributed by atoms with van der Waals surface area (Å²) >= 11 is 0. The van der Waals surface area contributed by atoms with Gasteiger partial charge in [0.25, 0.3) is 0 Å². The van der Waals surface area contributed by atoms with E-state index in [1.165, 1.54) is 32.7 Å². The first-order valence-corrected chi connectivity index (χ1v) is 7.17. The molecule has 2 unspecified atom stereocenters. The molecule has 1 saturated carbocycles. The number of nitrogens with zero attached hydrogens (tertiary/aromatic N) is 2. The van der Waals surface area contributed by atoms with Crippen LogP contribution in [0.1, 0.15) is 32.6 Å². The maximum atomic E-state index is 11.0. The number of carbonyl (C=O) groups excluding carboxylic acids is 2. The average Bonchev–Trinajstić information content (AvgIpc) is 2.47. The highest BCUT2D eigenvalue weighted by Crippen LogP contribution is 2.23. The summed E-state index contributed by atoms with van der Waals surface area (Å²) in [6, 6.07) is 0.340. The molecule has 0 bridgehead atoms. The first-order valence-electron chi connectivity index (χ1n) is 7.17. The molecule has 2 N–H and O–H groups in total. The van der Waals surface area contributed by atoms with Crippen molar-refractivity contribution in [1.29, 1.82) is 0 Å². The highest BCUT2D eigenvalue weighted by Gasteiger charge is 2.21. The van der Waals surface area contributed by atoms with E-state index in [0.717, 1.165) is 6.42 Å². The fourth-order valence-corrected chi connectivity index (χ4v) is 1.99. The zero-order chi connectivity index (χ0) is 16.3. The van der Waals surface area contributed by atoms with Gasteiger partial charge in [-0.15, -0.1) is 0 Å². The van der Waals surface area contributed by atoms with Gasteiger partial charge in [-0.1, -0.05) is 19.8 Å². The Labute approximate surface area is 127 Å². The lowest BCUT2D eigenvalue weighted by molar-refractivity contribution is 0.182. The first-order chi connectivity index (χ1) is 9.90. The Bertz CT molecular complexity index is 345. The number of ether oxygens (including phenoxy) is 1. The van der Waals surface area contributed by atoms with Gasteiger partial charge in [0.15, 0.2) is 0 Å². The molecular formula is C14H28N4O3. The lowest BCUT2D eigenvalue weighted by atomic mass is 9.86. The van der Waals surface area contributed by atoms with E-state index in [9.17, 15) is 9.59 Å². The van der Waals surface area contributed by atoms with Crippen LogP contribution < -0.4 is 10.6 Å². The van der Waals surface area contributed by atoms with Gasteiger partial charge in [-0.25, -0.2) is 9.59 Å². The third-order valence-corrected chi connectivity index (χ3v) is 3.22. The molecule has 122 valence electrons. The normalized spacial score (nSPS) is 21.0. The van der Waals surface area contributed by atoms with Gasteiger partial charge in [0.1, 0.15) is 0 Å². The van der Waals surface area contributed by atoms with Gasteiger partial charge in [0, 0.05) is 27.2 Å². The quantitative estimate of drug-likeness (QED) is 0.602. The summed E-state index contributed by atoms with van der Waals surface area (Å²) in [6.45, 7) is 2.21. The van der Waals surface area contributed by atoms with Gasteiger partial charge in [0.2, 0.25) is 0 Å². The molecule has 0 aliphatic heterocycles. The minimum absolute atomic E-state index is 0.0475. The van der Waals surface area contributed by atoms with E-state index in [4.69, 9.17) is 0 Å². The molecule has 1 fully saturated rings. The summed E-state index contributed by atoms with van der Waals surface area (Å²) in [5.41, 5.74) is 0. The van der Waals surface area contributed by atoms with E-state index in [1.54, 1.807) is 26.0 Å². The van der Waals surface area contributed by atoms with Crippen molar-refractivity contribution >= 4 is 18.5 Å². The van der Waals surface area contributed by atoms with Crippen LogP contribution in [0.15, 0.2) is 4.99 Å². The summed E-state index contributed by atoms with van der Waals surface area (Å²) in [7, 11) is 6.48. The van der Waals surface area contributed by atoms with E-state index < -0.39 is 6.09 Å². The molecular weight excluding hydrogens is 272 g/mol. The van der Waals surface area contributed by atoms with E-state index in [-0.39, 0.29) is 6.03 Å². The second kappa shape index (κ2) is 10.9. The number of urea groups is 1. The largest absolute Gasteiger partial charge is 0.451 e. The molecule has 0 saturated heterocycles. The lowest BCUT2D eigenvalue weighted by Crippen LogP contribution is -2.44. The van der Waals surface area contributed by atoms with Gasteiger partial charge in [0.05, 0.1) is 13.4 Å². The van der Waals surface area contributed by atoms with Crippen LogP contribution in [0.4, 0.5) is 9.59 Å². The van der Waals surface area contributed by atoms with Crippen LogP contribution in [0.2, 0.25) is 0 Å². The fraction of sp³-hybridized carbons (Fsp3) is 0.786. The highest BCUT2D eigenvalue weighted by molar-refractivity contribution is 5.78. The third kappa shape index (κ3) is 9.70. The van der Waals surface area contributed by atoms with E-state index in [1.807, 2.05) is 0 Å². The van der Waals surface area contributed by atoms with Crippen LogP contribution in [-0.4, -0.2) is 57.7 Å². The minimum atomic E-state index is -0.580. The van der Waals surface area contributed by atoms with Crippen LogP contribution in [0, 0.1) is 5.92 Å². The minimum Gasteiger partial charge on any atom is -0.451 e. The van der Waals surface area contributed by atoms with Crippen molar-refractivity contribution in [3.8, 4) is 0 Å². The summed E-state index contributed by atoms with van der Waals surface area (Å²) in [5, 5.41) is 5.55. The molecule has 0 aromatic carbocycles. The van der Waals surface area contributed by atoms with Gasteiger partial charge >= 0.3 is 12.1 Å². The second-order valence-electron chi connectivity index (χ2n) is 5.27. The molecule has 0 heterocycles. The molecule has 1 rings (SSSR count). The number of amides is 3. The molecule has 0 aromatic heterocycles. The summed E-state index contributed by atoms with van der Waals surface area (Å²) in [5.74, 6) is 0.635. The monoisotopic (exact) mass is 300 g/mol. The van der Waals surface area contributed by atoms with Crippen molar-refractivity contribution in [3.63, 3.8) is 0 Å². The molecule has 0 spiro atoms. The molecule has 21 heavy (non-hydrogen) atoms. The van der Waals surface area contributed by atoms with Gasteiger partial charge in [-0.2, -0.15) is 4.99 Å². The van der Waals surface area contributed by atoms with Crippen LogP contribution >= 0.6 is 0 Å². The number of nitrogens with one attached hydrogen (secondary N) is 2. The Balaban J connectivity index is 0.000000400. The Morgan fingerprint density at radius 1 is 1.29 bits per heavy atom. The van der Waals surface area contributed by atoms with E-state index >= 15 is 0 Å². The van der Waals surface area contributed by atoms with Gasteiger partial charge < -0.3 is 20.3 Å². The van der Waals surface area contributed by atoms with Crippen molar-refractivity contribution in [2.45, 2.75) is 38.6 Å². The Hall–Kier alpha value is -1.79. The Morgan fingerprint density at radius 2 is 1.90 bits per heavy atom. The fourth-order valence-electron chi connectivity index (χ4n) is 1.99. The number of aliphatic imine (C=N–C) groups is 1. The molecule has 3 amide bonds. The third-order valence-electron chi connectivity index (χ3n) is 3.22. The number of carbonyl (C=O) groups is 2. The van der Waals surface area contributed by atoms with Crippen LogP contribution in [0.5, 0.6) is 0 Å². The van der Waals surface area contributed by atoms with Crippen LogP contribution in [0.3, 0.4) is 0 Å². The van der Waals surface area contributed by atoms with Crippen molar-refractivity contribution in [2.24, 2.45) is 10.9 Å². The molecule has 2 atom stereocenters. The zero-order valence-electron chi connectivity index (χ0n) is 13.7. The Kier molecular flexibility index (Phi) is 10.0. The second-order valence-corrected chi connectivity index (χ2v) is 5.27. The maximum Gasteiger partial charge on any atom is 0.434 e. The molecule has 1 aliphatic carbocycles. The van der Waals surface area contributed by atoms with E-state index in [2.05, 4.69) is 27.3 Å². The average molecular weight is 300 g/mol. The van der Waals surface area contributed by atoms with Crippen molar-refractivity contribution in [1.82, 2.24) is 15.5 Å². The van der Waals surface area contributed by atoms with Crippen LogP contribution in [-0.2, 0) is 4.74 Å². The SMILES string of the molecule is CNC(=O)NC1CCCCC1C.COC(=O)N=CN(C)C. The summed E-state index contributed by atoms with van der Waals surface area (Å²) in [4.78, 5) is 26.3. The van der Waals surface area contributed by atoms with Crippen molar-refractivity contribution in [2.75, 3.05) is 28.3 Å². The first kappa shape index (κ1) is 19.2. The molecule has 7 heteroatoms. The molecule has 1 aliphatic rings. The molecule has 7 nitrogen and oxygen atoms in total. The number of rotatable bonds is 2. The lowest BCUT2D eigenvalue weighted by Gasteiger charge is -2.29. The predicted octanol–water partition coefficient (Wildman–Crippen LogP) is 1.84. The highest BCUT2D eigenvalue weighted by atomic mass is 16.5. The standard InChI is InChI=1S/C9H18N2O.C5H10N2O2/c1-7-5-3-4-6-8(7)11-9(12)10-2;1-7(2)4-6-5(8)9-3/h7-8H,3-6H2,1-2H3,(H2,10,11,12);4H,1-3H3. The van der Waals surface area contributed by atoms with Gasteiger partial charge in [-0.3, -0.25) is 0 Å². The topological polar surface area (TPSA) is 83.0 Å². The predicted molar refractivity (Wildman–Crippen MR) is 83.6 cm³/mol. The summed E-state index contributed by atoms with van der Waals surface area (Å²) in [6.07, 6.45) is 5.74. The zero-order valence-corrected chi connectivity index (χ0v) is 13.7. The summed E-state index contributed by atoms with van der Waals surface area (Å²) < 4.78 is 4.24.